The molecular formula is C18H21N3O3. The number of para-hydroxylation sites is 1. The number of nitrogens with zero attached hydrogens (tertiary/aromatic N) is 2. The van der Waals surface area contributed by atoms with Gasteiger partial charge in [0.1, 0.15) is 6.04 Å². The molecule has 1 unspecified atom stereocenters. The van der Waals surface area contributed by atoms with E-state index in [1.165, 1.54) is 4.90 Å². The second-order valence-corrected chi connectivity index (χ2v) is 6.38. The highest BCUT2D eigenvalue weighted by Crippen LogP contribution is 2.26. The molecule has 3 rings (SSSR count). The Morgan fingerprint density at radius 1 is 1.38 bits per heavy atom. The number of carbonyl (C=O) groups is 2. The quantitative estimate of drug-likeness (QED) is 0.919. The van der Waals surface area contributed by atoms with Crippen molar-refractivity contribution in [1.82, 2.24) is 9.88 Å². The maximum atomic E-state index is 13.0. The maximum absolute atomic E-state index is 13.0. The summed E-state index contributed by atoms with van der Waals surface area (Å²) in [6.45, 7) is 7.72. The van der Waals surface area contributed by atoms with Gasteiger partial charge in [-0.1, -0.05) is 32.0 Å². The highest BCUT2D eigenvalue weighted by Gasteiger charge is 2.33. The highest BCUT2D eigenvalue weighted by atomic mass is 16.4. The van der Waals surface area contributed by atoms with E-state index in [0.717, 1.165) is 11.3 Å². The lowest BCUT2D eigenvalue weighted by Crippen LogP contribution is -2.43. The van der Waals surface area contributed by atoms with Crippen molar-refractivity contribution in [2.45, 2.75) is 46.2 Å². The summed E-state index contributed by atoms with van der Waals surface area (Å²) in [5.41, 5.74) is 2.18. The molecule has 2 aromatic rings. The Hall–Kier alpha value is -2.63. The largest absolute Gasteiger partial charge is 0.435 e. The van der Waals surface area contributed by atoms with E-state index in [-0.39, 0.29) is 23.5 Å². The first kappa shape index (κ1) is 16.2. The number of rotatable bonds is 2. The van der Waals surface area contributed by atoms with E-state index >= 15 is 0 Å². The molecule has 6 heteroatoms. The van der Waals surface area contributed by atoms with Crippen LogP contribution in [0.3, 0.4) is 0 Å². The molecule has 0 aliphatic carbocycles. The van der Waals surface area contributed by atoms with Crippen LogP contribution in [0.4, 0.5) is 5.69 Å². The lowest BCUT2D eigenvalue weighted by Gasteiger charge is -2.24. The maximum Gasteiger partial charge on any atom is 0.292 e. The first-order chi connectivity index (χ1) is 11.4. The Kier molecular flexibility index (Phi) is 4.13. The van der Waals surface area contributed by atoms with Crippen molar-refractivity contribution in [2.75, 3.05) is 5.32 Å². The molecule has 6 nitrogen and oxygen atoms in total. The van der Waals surface area contributed by atoms with Crippen LogP contribution in [-0.4, -0.2) is 27.7 Å². The third-order valence-corrected chi connectivity index (χ3v) is 4.23. The van der Waals surface area contributed by atoms with Gasteiger partial charge < -0.3 is 14.6 Å². The van der Waals surface area contributed by atoms with Crippen LogP contribution in [0.2, 0.25) is 0 Å². The molecule has 1 aromatic carbocycles. The third kappa shape index (κ3) is 2.79. The van der Waals surface area contributed by atoms with E-state index < -0.39 is 6.04 Å². The fourth-order valence-corrected chi connectivity index (χ4v) is 2.72. The Bertz CT molecular complexity index is 795. The van der Waals surface area contributed by atoms with Crippen molar-refractivity contribution in [3.8, 4) is 0 Å². The minimum absolute atomic E-state index is 0.0934. The smallest absolute Gasteiger partial charge is 0.292 e. The minimum atomic E-state index is -0.600. The molecule has 2 amide bonds. The SMILES string of the molecule is Cc1nc(C(C)C)oc1C(=O)N1Cc2ccccc2NC(=O)C1C. The second-order valence-electron chi connectivity index (χ2n) is 6.38. The van der Waals surface area contributed by atoms with Crippen molar-refractivity contribution in [2.24, 2.45) is 0 Å². The second kappa shape index (κ2) is 6.11. The Labute approximate surface area is 140 Å². The van der Waals surface area contributed by atoms with Crippen LogP contribution in [0.1, 0.15) is 54.4 Å². The first-order valence-corrected chi connectivity index (χ1v) is 8.05. The van der Waals surface area contributed by atoms with E-state index in [4.69, 9.17) is 4.42 Å². The van der Waals surface area contributed by atoms with Gasteiger partial charge in [-0.05, 0) is 25.5 Å². The van der Waals surface area contributed by atoms with Gasteiger partial charge in [-0.3, -0.25) is 9.59 Å². The lowest BCUT2D eigenvalue weighted by atomic mass is 10.1. The fourth-order valence-electron chi connectivity index (χ4n) is 2.72. The molecule has 0 fully saturated rings. The summed E-state index contributed by atoms with van der Waals surface area (Å²) in [7, 11) is 0. The van der Waals surface area contributed by atoms with Gasteiger partial charge in [0.2, 0.25) is 11.7 Å². The van der Waals surface area contributed by atoms with Gasteiger partial charge in [-0.15, -0.1) is 0 Å². The van der Waals surface area contributed by atoms with E-state index in [1.54, 1.807) is 13.8 Å². The summed E-state index contributed by atoms with van der Waals surface area (Å²) in [5, 5.41) is 2.87. The van der Waals surface area contributed by atoms with E-state index in [2.05, 4.69) is 10.3 Å². The first-order valence-electron chi connectivity index (χ1n) is 8.05. The molecule has 24 heavy (non-hydrogen) atoms. The molecule has 1 aliphatic rings. The zero-order valence-electron chi connectivity index (χ0n) is 14.3. The molecule has 0 spiro atoms. The number of aryl methyl sites for hydroxylation is 1. The molecule has 0 radical (unpaired) electrons. The molecular weight excluding hydrogens is 306 g/mol. The van der Waals surface area contributed by atoms with Crippen LogP contribution in [0, 0.1) is 6.92 Å². The van der Waals surface area contributed by atoms with Crippen molar-refractivity contribution in [3.63, 3.8) is 0 Å². The molecule has 0 saturated carbocycles. The Balaban J connectivity index is 1.98. The average molecular weight is 327 g/mol. The number of amides is 2. The predicted molar refractivity (Wildman–Crippen MR) is 89.7 cm³/mol. The lowest BCUT2D eigenvalue weighted by molar-refractivity contribution is -0.120. The van der Waals surface area contributed by atoms with E-state index in [0.29, 0.717) is 18.1 Å². The molecule has 2 heterocycles. The van der Waals surface area contributed by atoms with Crippen molar-refractivity contribution < 1.29 is 14.0 Å². The number of anilines is 1. The normalized spacial score (nSPS) is 17.5. The number of hydrogen-bond donors (Lipinski definition) is 1. The van der Waals surface area contributed by atoms with Crippen LogP contribution in [0.5, 0.6) is 0 Å². The summed E-state index contributed by atoms with van der Waals surface area (Å²) in [4.78, 5) is 31.2. The summed E-state index contributed by atoms with van der Waals surface area (Å²) >= 11 is 0. The van der Waals surface area contributed by atoms with Crippen molar-refractivity contribution in [3.05, 3.63) is 47.2 Å². The van der Waals surface area contributed by atoms with Crippen LogP contribution < -0.4 is 5.32 Å². The number of hydrogen-bond acceptors (Lipinski definition) is 4. The number of carbonyl (C=O) groups excluding carboxylic acids is 2. The zero-order chi connectivity index (χ0) is 17.4. The van der Waals surface area contributed by atoms with Crippen LogP contribution in [-0.2, 0) is 11.3 Å². The number of nitrogens with one attached hydrogen (secondary N) is 1. The molecule has 0 bridgehead atoms. The molecule has 1 aliphatic heterocycles. The Morgan fingerprint density at radius 3 is 2.75 bits per heavy atom. The van der Waals surface area contributed by atoms with Gasteiger partial charge in [-0.2, -0.15) is 0 Å². The Morgan fingerprint density at radius 2 is 2.08 bits per heavy atom. The van der Waals surface area contributed by atoms with E-state index in [1.807, 2.05) is 38.1 Å². The minimum Gasteiger partial charge on any atom is -0.435 e. The van der Waals surface area contributed by atoms with Gasteiger partial charge in [0.15, 0.2) is 5.89 Å². The van der Waals surface area contributed by atoms with Crippen molar-refractivity contribution >= 4 is 17.5 Å². The monoisotopic (exact) mass is 327 g/mol. The zero-order valence-corrected chi connectivity index (χ0v) is 14.3. The average Bonchev–Trinajstić information content (AvgIpc) is 2.89. The topological polar surface area (TPSA) is 75.4 Å². The number of aromatic nitrogens is 1. The van der Waals surface area contributed by atoms with Gasteiger partial charge in [0.05, 0.1) is 5.69 Å². The van der Waals surface area contributed by atoms with Crippen LogP contribution in [0.25, 0.3) is 0 Å². The highest BCUT2D eigenvalue weighted by molar-refractivity contribution is 6.01. The summed E-state index contributed by atoms with van der Waals surface area (Å²) in [6, 6.07) is 6.89. The summed E-state index contributed by atoms with van der Waals surface area (Å²) in [5.74, 6) is 0.303. The van der Waals surface area contributed by atoms with Gasteiger partial charge >= 0.3 is 0 Å². The predicted octanol–water partition coefficient (Wildman–Crippen LogP) is 3.09. The summed E-state index contributed by atoms with van der Waals surface area (Å²) in [6.07, 6.45) is 0. The number of oxazole rings is 1. The molecule has 126 valence electrons. The molecule has 1 atom stereocenters. The van der Waals surface area contributed by atoms with Gasteiger partial charge in [0.25, 0.3) is 5.91 Å². The standard InChI is InChI=1S/C18H21N3O3/c1-10(2)17-19-11(3)15(24-17)18(23)21-9-13-7-5-6-8-14(13)20-16(22)12(21)4/h5-8,10,12H,9H2,1-4H3,(H,20,22). The molecule has 1 aromatic heterocycles. The number of benzene rings is 1. The molecule has 0 saturated heterocycles. The summed E-state index contributed by atoms with van der Waals surface area (Å²) < 4.78 is 5.67. The van der Waals surface area contributed by atoms with Crippen LogP contribution in [0.15, 0.2) is 28.7 Å². The third-order valence-electron chi connectivity index (χ3n) is 4.23. The fraction of sp³-hybridized carbons (Fsp3) is 0.389. The number of fused-ring (bicyclic) bond motifs is 1. The van der Waals surface area contributed by atoms with Gasteiger partial charge in [-0.25, -0.2) is 4.98 Å². The van der Waals surface area contributed by atoms with Crippen molar-refractivity contribution in [1.29, 1.82) is 0 Å². The van der Waals surface area contributed by atoms with Crippen LogP contribution >= 0.6 is 0 Å². The van der Waals surface area contributed by atoms with Gasteiger partial charge in [0, 0.05) is 18.2 Å². The molecule has 1 N–H and O–H groups in total. The van der Waals surface area contributed by atoms with E-state index in [9.17, 15) is 9.59 Å².